The van der Waals surface area contributed by atoms with Gasteiger partial charge in [0.2, 0.25) is 5.76 Å². The zero-order valence-corrected chi connectivity index (χ0v) is 16.5. The van der Waals surface area contributed by atoms with Gasteiger partial charge in [-0.2, -0.15) is 0 Å². The fraction of sp³-hybridized carbons (Fsp3) is 0.273. The molecule has 4 rings (SSSR count). The van der Waals surface area contributed by atoms with Crippen molar-refractivity contribution in [3.63, 3.8) is 0 Å². The summed E-state index contributed by atoms with van der Waals surface area (Å²) in [5.74, 6) is -1.47. The number of nitrogens with zero attached hydrogens (tertiary/aromatic N) is 2. The molecule has 2 aliphatic rings. The van der Waals surface area contributed by atoms with Gasteiger partial charge in [0, 0.05) is 12.2 Å². The largest absolute Gasteiger partial charge is 0.465 e. The average molecular weight is 394 g/mol. The van der Waals surface area contributed by atoms with Crippen molar-refractivity contribution in [2.24, 2.45) is 0 Å². The summed E-state index contributed by atoms with van der Waals surface area (Å²) in [5, 5.41) is 1.65. The summed E-state index contributed by atoms with van der Waals surface area (Å²) in [5.41, 5.74) is 2.13. The van der Waals surface area contributed by atoms with E-state index < -0.39 is 17.5 Å². The Morgan fingerprint density at radius 2 is 1.62 bits per heavy atom. The minimum Gasteiger partial charge on any atom is -0.465 e. The van der Waals surface area contributed by atoms with E-state index in [0.717, 1.165) is 16.8 Å². The summed E-state index contributed by atoms with van der Waals surface area (Å²) >= 11 is 0. The Bertz CT molecular complexity index is 970. The Kier molecular flexibility index (Phi) is 4.76. The van der Waals surface area contributed by atoms with Crippen molar-refractivity contribution in [3.05, 3.63) is 77.1 Å². The highest BCUT2D eigenvalue weighted by molar-refractivity contribution is 6.02. The molecule has 7 nitrogen and oxygen atoms in total. The van der Waals surface area contributed by atoms with Crippen LogP contribution in [0.4, 0.5) is 5.69 Å². The number of rotatable bonds is 4. The minimum absolute atomic E-state index is 0.133. The molecule has 2 aromatic carbocycles. The Hall–Kier alpha value is -3.32. The van der Waals surface area contributed by atoms with Crippen molar-refractivity contribution < 1.29 is 23.9 Å². The van der Waals surface area contributed by atoms with Crippen LogP contribution in [0, 0.1) is 6.92 Å². The summed E-state index contributed by atoms with van der Waals surface area (Å²) in [7, 11) is 2.54. The highest BCUT2D eigenvalue weighted by Crippen LogP contribution is 2.49. The lowest BCUT2D eigenvalue weighted by Gasteiger charge is -2.30. The summed E-state index contributed by atoms with van der Waals surface area (Å²) in [6.07, 6.45) is 0. The van der Waals surface area contributed by atoms with Crippen LogP contribution in [0.1, 0.15) is 11.1 Å². The summed E-state index contributed by atoms with van der Waals surface area (Å²) in [6, 6.07) is 17.6. The van der Waals surface area contributed by atoms with E-state index in [-0.39, 0.29) is 11.3 Å². The molecule has 0 radical (unpaired) electrons. The fourth-order valence-corrected chi connectivity index (χ4v) is 3.95. The van der Waals surface area contributed by atoms with Gasteiger partial charge in [-0.1, -0.05) is 48.0 Å². The molecule has 150 valence electrons. The molecule has 0 amide bonds. The van der Waals surface area contributed by atoms with E-state index in [1.54, 1.807) is 5.06 Å². The zero-order chi connectivity index (χ0) is 20.6. The second kappa shape index (κ2) is 7.25. The maximum absolute atomic E-state index is 12.8. The number of hydrogen-bond donors (Lipinski definition) is 0. The molecule has 0 aromatic heterocycles. The minimum atomic E-state index is -0.997. The quantitative estimate of drug-likeness (QED) is 0.738. The highest BCUT2D eigenvalue weighted by Gasteiger charge is 2.60. The number of esters is 2. The molecule has 1 atom stereocenters. The predicted molar refractivity (Wildman–Crippen MR) is 105 cm³/mol. The molecule has 29 heavy (non-hydrogen) atoms. The SMILES string of the molecule is COC(=O)C1=C(C(=O)OC)[C@@]2(c3ccccc3)CN(c3ccc(C)cc3)CN2O1. The maximum atomic E-state index is 12.8. The molecular weight excluding hydrogens is 372 g/mol. The van der Waals surface area contributed by atoms with E-state index in [4.69, 9.17) is 14.3 Å². The third kappa shape index (κ3) is 2.94. The predicted octanol–water partition coefficient (Wildman–Crippen LogP) is 2.52. The first kappa shape index (κ1) is 19.0. The van der Waals surface area contributed by atoms with Crippen molar-refractivity contribution in [3.8, 4) is 0 Å². The van der Waals surface area contributed by atoms with Gasteiger partial charge in [0.1, 0.15) is 17.8 Å². The van der Waals surface area contributed by atoms with Crippen LogP contribution in [0.25, 0.3) is 0 Å². The summed E-state index contributed by atoms with van der Waals surface area (Å²) < 4.78 is 9.90. The fourth-order valence-electron chi connectivity index (χ4n) is 3.95. The van der Waals surface area contributed by atoms with Crippen LogP contribution >= 0.6 is 0 Å². The average Bonchev–Trinajstić information content (AvgIpc) is 3.28. The van der Waals surface area contributed by atoms with Crippen LogP contribution in [-0.4, -0.2) is 44.4 Å². The van der Waals surface area contributed by atoms with Crippen LogP contribution in [-0.2, 0) is 29.4 Å². The molecule has 2 aromatic rings. The monoisotopic (exact) mass is 394 g/mol. The van der Waals surface area contributed by atoms with Crippen molar-refractivity contribution in [2.75, 3.05) is 32.3 Å². The van der Waals surface area contributed by atoms with E-state index in [1.165, 1.54) is 14.2 Å². The highest BCUT2D eigenvalue weighted by atomic mass is 16.7. The third-order valence-corrected chi connectivity index (χ3v) is 5.40. The standard InChI is InChI=1S/C22H22N2O5/c1-15-9-11-17(12-10-15)23-13-22(16-7-5-4-6-8-16)18(20(25)27-2)19(21(26)28-3)29-24(22)14-23/h4-12H,13-14H2,1-3H3/t22-/m0/s1. The first-order valence-corrected chi connectivity index (χ1v) is 9.25. The van der Waals surface area contributed by atoms with E-state index >= 15 is 0 Å². The number of hydroxylamine groups is 2. The molecule has 0 N–H and O–H groups in total. The molecule has 0 unspecified atom stereocenters. The van der Waals surface area contributed by atoms with Gasteiger partial charge in [-0.05, 0) is 24.6 Å². The van der Waals surface area contributed by atoms with Gasteiger partial charge in [0.25, 0.3) is 0 Å². The molecule has 2 aliphatic heterocycles. The van der Waals surface area contributed by atoms with E-state index in [0.29, 0.717) is 13.2 Å². The third-order valence-electron chi connectivity index (χ3n) is 5.40. The summed E-state index contributed by atoms with van der Waals surface area (Å²) in [6.45, 7) is 2.80. The lowest BCUT2D eigenvalue weighted by atomic mass is 9.82. The number of benzene rings is 2. The lowest BCUT2D eigenvalue weighted by Crippen LogP contribution is -2.42. The van der Waals surface area contributed by atoms with Crippen molar-refractivity contribution >= 4 is 17.6 Å². The van der Waals surface area contributed by atoms with Gasteiger partial charge in [0.15, 0.2) is 0 Å². The van der Waals surface area contributed by atoms with Gasteiger partial charge < -0.3 is 19.2 Å². The Labute approximate surface area is 169 Å². The van der Waals surface area contributed by atoms with Crippen LogP contribution in [0.5, 0.6) is 0 Å². The number of anilines is 1. The van der Waals surface area contributed by atoms with Gasteiger partial charge >= 0.3 is 11.9 Å². The number of ether oxygens (including phenoxy) is 2. The lowest BCUT2D eigenvalue weighted by molar-refractivity contribution is -0.161. The van der Waals surface area contributed by atoms with Crippen molar-refractivity contribution in [2.45, 2.75) is 12.5 Å². The van der Waals surface area contributed by atoms with E-state index in [2.05, 4.69) is 4.90 Å². The molecule has 2 heterocycles. The normalized spacial score (nSPS) is 21.0. The van der Waals surface area contributed by atoms with Crippen molar-refractivity contribution in [1.82, 2.24) is 5.06 Å². The Morgan fingerprint density at radius 1 is 0.966 bits per heavy atom. The maximum Gasteiger partial charge on any atom is 0.376 e. The molecule has 0 aliphatic carbocycles. The molecular formula is C22H22N2O5. The second-order valence-electron chi connectivity index (χ2n) is 7.06. The van der Waals surface area contributed by atoms with Crippen LogP contribution < -0.4 is 4.90 Å². The Balaban J connectivity index is 1.87. The Morgan fingerprint density at radius 3 is 2.24 bits per heavy atom. The van der Waals surface area contributed by atoms with Gasteiger partial charge in [-0.3, -0.25) is 0 Å². The van der Waals surface area contributed by atoms with Gasteiger partial charge in [-0.25, -0.2) is 9.59 Å². The first-order valence-electron chi connectivity index (χ1n) is 9.25. The van der Waals surface area contributed by atoms with Gasteiger partial charge in [0.05, 0.1) is 14.2 Å². The number of methoxy groups -OCH3 is 2. The number of carbonyl (C=O) groups is 2. The number of hydrogen-bond acceptors (Lipinski definition) is 7. The van der Waals surface area contributed by atoms with E-state index in [9.17, 15) is 9.59 Å². The number of aryl methyl sites for hydroxylation is 1. The van der Waals surface area contributed by atoms with E-state index in [1.807, 2.05) is 61.5 Å². The molecule has 0 bridgehead atoms. The molecule has 1 fully saturated rings. The second-order valence-corrected chi connectivity index (χ2v) is 7.06. The van der Waals surface area contributed by atoms with Crippen LogP contribution in [0.3, 0.4) is 0 Å². The smallest absolute Gasteiger partial charge is 0.376 e. The van der Waals surface area contributed by atoms with Gasteiger partial charge in [-0.15, -0.1) is 5.06 Å². The van der Waals surface area contributed by atoms with Crippen LogP contribution in [0.2, 0.25) is 0 Å². The first-order chi connectivity index (χ1) is 14.0. The number of fused-ring (bicyclic) bond motifs is 1. The topological polar surface area (TPSA) is 68.3 Å². The number of carbonyl (C=O) groups excluding carboxylic acids is 2. The zero-order valence-electron chi connectivity index (χ0n) is 16.5. The molecule has 0 saturated carbocycles. The summed E-state index contributed by atoms with van der Waals surface area (Å²) in [4.78, 5) is 33.2. The van der Waals surface area contributed by atoms with Crippen LogP contribution in [0.15, 0.2) is 65.9 Å². The van der Waals surface area contributed by atoms with Crippen molar-refractivity contribution in [1.29, 1.82) is 0 Å². The molecule has 1 saturated heterocycles. The molecule has 7 heteroatoms. The molecule has 0 spiro atoms.